The highest BCUT2D eigenvalue weighted by Crippen LogP contribution is 2.44. The number of nitrogens with one attached hydrogen (secondary N) is 3. The number of carbonyl (C=O) groups is 2. The number of amides is 2. The molecule has 10 nitrogen and oxygen atoms in total. The number of fused-ring (bicyclic) bond motifs is 2. The lowest BCUT2D eigenvalue weighted by atomic mass is 9.69. The normalized spacial score (nSPS) is 25.4. The Morgan fingerprint density at radius 3 is 2.58 bits per heavy atom. The second kappa shape index (κ2) is 15.8. The number of piperazine rings is 1. The Morgan fingerprint density at radius 2 is 1.88 bits per heavy atom. The molecular weight excluding hydrogens is 673 g/mol. The van der Waals surface area contributed by atoms with Gasteiger partial charge in [0, 0.05) is 54.6 Å². The topological polar surface area (TPSA) is 126 Å². The summed E-state index contributed by atoms with van der Waals surface area (Å²) >= 11 is 0. The van der Waals surface area contributed by atoms with Gasteiger partial charge in [0.1, 0.15) is 5.82 Å². The summed E-state index contributed by atoms with van der Waals surface area (Å²) < 4.78 is 82.4. The first-order valence-electron chi connectivity index (χ1n) is 17.1. The number of benzene rings is 2. The highest BCUT2D eigenvalue weighted by molar-refractivity contribution is 7.89. The molecule has 3 aliphatic heterocycles. The lowest BCUT2D eigenvalue weighted by Crippen LogP contribution is -2.57. The van der Waals surface area contributed by atoms with Gasteiger partial charge in [0.05, 0.1) is 24.4 Å². The molecule has 0 radical (unpaired) electrons. The molecule has 3 aliphatic rings. The van der Waals surface area contributed by atoms with Crippen LogP contribution in [0.15, 0.2) is 48.7 Å². The van der Waals surface area contributed by atoms with Crippen molar-refractivity contribution < 1.29 is 40.7 Å². The quantitative estimate of drug-likeness (QED) is 0.276. The van der Waals surface area contributed by atoms with Crippen LogP contribution in [-0.4, -0.2) is 75.0 Å². The Hall–Kier alpha value is -3.46. The van der Waals surface area contributed by atoms with Gasteiger partial charge in [0.25, 0.3) is 0 Å². The van der Waals surface area contributed by atoms with Crippen molar-refractivity contribution in [2.45, 2.75) is 82.4 Å². The Morgan fingerprint density at radius 1 is 1.14 bits per heavy atom. The second-order valence-electron chi connectivity index (χ2n) is 14.1. The van der Waals surface area contributed by atoms with Gasteiger partial charge in [-0.15, -0.1) is 0 Å². The third-order valence-electron chi connectivity index (χ3n) is 10.1. The number of methoxy groups -OCH3 is 1. The van der Waals surface area contributed by atoms with E-state index in [1.54, 1.807) is 16.4 Å². The molecule has 0 aliphatic carbocycles. The zero-order chi connectivity index (χ0) is 36.2. The summed E-state index contributed by atoms with van der Waals surface area (Å²) in [5.41, 5.74) is 0.0838. The molecule has 6 atom stereocenters. The zero-order valence-electron chi connectivity index (χ0n) is 28.8. The highest BCUT2D eigenvalue weighted by Gasteiger charge is 2.43. The van der Waals surface area contributed by atoms with Crippen LogP contribution in [0.1, 0.15) is 69.4 Å². The molecule has 2 aromatic rings. The number of hydrogen-bond acceptors (Lipinski definition) is 7. The molecule has 0 spiro atoms. The predicted octanol–water partition coefficient (Wildman–Crippen LogP) is 5.61. The number of sulfonamides is 1. The summed E-state index contributed by atoms with van der Waals surface area (Å²) in [5.74, 6) is -5.18. The van der Waals surface area contributed by atoms with Crippen LogP contribution in [0.4, 0.5) is 23.7 Å². The molecule has 5 rings (SSSR count). The highest BCUT2D eigenvalue weighted by atomic mass is 32.2. The van der Waals surface area contributed by atoms with Crippen LogP contribution in [0, 0.1) is 29.3 Å². The van der Waals surface area contributed by atoms with Crippen molar-refractivity contribution in [1.82, 2.24) is 14.9 Å². The van der Waals surface area contributed by atoms with E-state index in [2.05, 4.69) is 22.5 Å². The van der Waals surface area contributed by atoms with Crippen LogP contribution in [0.25, 0.3) is 0 Å². The summed E-state index contributed by atoms with van der Waals surface area (Å²) in [6.45, 7) is 9.16. The minimum atomic E-state index is -3.43. The molecule has 3 heterocycles. The van der Waals surface area contributed by atoms with E-state index in [1.807, 2.05) is 13.8 Å². The maximum atomic E-state index is 15.5. The lowest BCUT2D eigenvalue weighted by Gasteiger charge is -2.42. The average Bonchev–Trinajstić information content (AvgIpc) is 3.18. The minimum Gasteiger partial charge on any atom is -0.453 e. The molecule has 2 aromatic carbocycles. The van der Waals surface area contributed by atoms with Gasteiger partial charge < -0.3 is 20.1 Å². The fourth-order valence-electron chi connectivity index (χ4n) is 7.73. The van der Waals surface area contributed by atoms with Crippen LogP contribution in [0.2, 0.25) is 0 Å². The molecular formula is C36H47F3N4O6S. The number of alkyl carbamates (subject to hydrolysis) is 1. The van der Waals surface area contributed by atoms with Gasteiger partial charge in [-0.25, -0.2) is 26.4 Å². The summed E-state index contributed by atoms with van der Waals surface area (Å²) in [4.78, 5) is 26.8. The second-order valence-corrected chi connectivity index (χ2v) is 16.2. The van der Waals surface area contributed by atoms with Crippen LogP contribution in [-0.2, 0) is 30.7 Å². The van der Waals surface area contributed by atoms with Crippen molar-refractivity contribution >= 4 is 27.7 Å². The molecule has 0 saturated carbocycles. The number of carbonyl (C=O) groups excluding carboxylic acids is 2. The van der Waals surface area contributed by atoms with E-state index in [1.165, 1.54) is 25.3 Å². The van der Waals surface area contributed by atoms with Gasteiger partial charge >= 0.3 is 6.09 Å². The smallest absolute Gasteiger partial charge is 0.411 e. The van der Waals surface area contributed by atoms with Crippen LogP contribution >= 0.6 is 0 Å². The molecule has 0 aromatic heterocycles. The Kier molecular flexibility index (Phi) is 12.0. The number of halogens is 3. The summed E-state index contributed by atoms with van der Waals surface area (Å²) in [6, 6.07) is 7.74. The van der Waals surface area contributed by atoms with E-state index in [0.29, 0.717) is 57.4 Å². The van der Waals surface area contributed by atoms with Crippen LogP contribution in [0.3, 0.4) is 0 Å². The Labute approximate surface area is 292 Å². The molecule has 274 valence electrons. The van der Waals surface area contributed by atoms with Gasteiger partial charge in [0.15, 0.2) is 11.6 Å². The fourth-order valence-corrected chi connectivity index (χ4v) is 9.54. The van der Waals surface area contributed by atoms with Crippen molar-refractivity contribution in [3.8, 4) is 0 Å². The first-order valence-corrected chi connectivity index (χ1v) is 18.7. The van der Waals surface area contributed by atoms with E-state index in [9.17, 15) is 26.8 Å². The van der Waals surface area contributed by atoms with Crippen LogP contribution < -0.4 is 16.0 Å². The number of ether oxygens (including phenoxy) is 2. The van der Waals surface area contributed by atoms with E-state index < -0.39 is 56.9 Å². The van der Waals surface area contributed by atoms with Crippen molar-refractivity contribution in [3.05, 3.63) is 77.3 Å². The fraction of sp³-hybridized carbons (Fsp3) is 0.556. The van der Waals surface area contributed by atoms with Crippen molar-refractivity contribution in [2.75, 3.05) is 37.9 Å². The van der Waals surface area contributed by atoms with E-state index in [-0.39, 0.29) is 47.1 Å². The van der Waals surface area contributed by atoms with Gasteiger partial charge in [0.2, 0.25) is 15.9 Å². The summed E-state index contributed by atoms with van der Waals surface area (Å²) in [6.07, 6.45) is 2.34. The SMILES string of the molecule is C=C(NC(=O)OC)[C@H](C(=O)Nc1ccc(F)c(F)c1CCC[C@H]1CN[C@@H]2CCCS(=O)(=O)N1C2)[C@@H](c1ccc(F)cc1)C1CCOC(C)(C)C1. The van der Waals surface area contributed by atoms with Gasteiger partial charge in [-0.2, -0.15) is 4.31 Å². The number of rotatable bonds is 11. The zero-order valence-corrected chi connectivity index (χ0v) is 29.6. The van der Waals surface area contributed by atoms with Crippen molar-refractivity contribution in [3.63, 3.8) is 0 Å². The standard InChI is InChI=1S/C36H47F3N4O6S/c1-22(41-35(45)48-4)31(32(23-10-12-25(37)13-11-23)24-16-17-49-36(2,3)19-24)34(44)42-30-15-14-29(38)33(39)28(30)9-5-8-27-20-40-26-7-6-18-50(46,47)43(27)21-26/h10-15,24,26-27,31-32,40H,1,5-9,16-21H2,2-4H3,(H,41,45)(H,42,44)/t24?,26-,27+,31+,32+/m1/s1. The van der Waals surface area contributed by atoms with Gasteiger partial charge in [-0.1, -0.05) is 18.7 Å². The number of anilines is 1. The molecule has 2 amide bonds. The lowest BCUT2D eigenvalue weighted by molar-refractivity contribution is -0.121. The van der Waals surface area contributed by atoms with E-state index in [4.69, 9.17) is 9.47 Å². The minimum absolute atomic E-state index is 0.0128. The van der Waals surface area contributed by atoms with Crippen LogP contribution in [0.5, 0.6) is 0 Å². The monoisotopic (exact) mass is 720 g/mol. The third-order valence-corrected chi connectivity index (χ3v) is 12.1. The molecule has 2 bridgehead atoms. The van der Waals surface area contributed by atoms with Crippen molar-refractivity contribution in [2.24, 2.45) is 11.8 Å². The first-order chi connectivity index (χ1) is 23.7. The maximum Gasteiger partial charge on any atom is 0.411 e. The van der Waals surface area contributed by atoms with Gasteiger partial charge in [-0.05, 0) is 94.5 Å². The van der Waals surface area contributed by atoms with Gasteiger partial charge in [-0.3, -0.25) is 10.1 Å². The van der Waals surface area contributed by atoms with Crippen molar-refractivity contribution in [1.29, 1.82) is 0 Å². The number of nitrogens with zero attached hydrogens (tertiary/aromatic N) is 1. The molecule has 3 saturated heterocycles. The maximum absolute atomic E-state index is 15.5. The Balaban J connectivity index is 1.43. The molecule has 50 heavy (non-hydrogen) atoms. The molecule has 2 unspecified atom stereocenters. The van der Waals surface area contributed by atoms with E-state index >= 15 is 4.39 Å². The largest absolute Gasteiger partial charge is 0.453 e. The Bertz CT molecular complexity index is 1670. The number of hydrogen-bond donors (Lipinski definition) is 3. The molecule has 14 heteroatoms. The molecule has 3 fully saturated rings. The van der Waals surface area contributed by atoms with E-state index in [0.717, 1.165) is 12.5 Å². The summed E-state index contributed by atoms with van der Waals surface area (Å²) in [7, 11) is -2.25. The third kappa shape index (κ3) is 8.87. The predicted molar refractivity (Wildman–Crippen MR) is 183 cm³/mol. The molecule has 3 N–H and O–H groups in total. The first kappa shape index (κ1) is 37.8. The summed E-state index contributed by atoms with van der Waals surface area (Å²) in [5, 5.41) is 8.74. The average molecular weight is 721 g/mol.